The molecule has 2 aromatic rings. The van der Waals surface area contributed by atoms with E-state index in [1.807, 2.05) is 106 Å². The van der Waals surface area contributed by atoms with Gasteiger partial charge in [0.15, 0.2) is 0 Å². The van der Waals surface area contributed by atoms with Crippen LogP contribution >= 0.6 is 0 Å². The van der Waals surface area contributed by atoms with Gasteiger partial charge in [-0.2, -0.15) is 0 Å². The second-order valence-electron chi connectivity index (χ2n) is 10.1. The van der Waals surface area contributed by atoms with Crippen molar-refractivity contribution in [3.63, 3.8) is 0 Å². The monoisotopic (exact) mass is 649 g/mol. The summed E-state index contributed by atoms with van der Waals surface area (Å²) in [5, 5.41) is 3.16. The lowest BCUT2D eigenvalue weighted by atomic mass is 10.1. The zero-order valence-electron chi connectivity index (χ0n) is 34.4. The summed E-state index contributed by atoms with van der Waals surface area (Å²) in [6.07, 6.45) is 19.1. The number of aryl methyl sites for hydroxylation is 4. The van der Waals surface area contributed by atoms with Gasteiger partial charge < -0.3 is 11.1 Å². The van der Waals surface area contributed by atoms with Crippen molar-refractivity contribution in [1.29, 1.82) is 0 Å². The molecule has 270 valence electrons. The van der Waals surface area contributed by atoms with Gasteiger partial charge in [-0.25, -0.2) is 0 Å². The minimum atomic E-state index is 0.845. The molecule has 0 heterocycles. The molecule has 2 aromatic carbocycles. The van der Waals surface area contributed by atoms with Gasteiger partial charge in [-0.3, -0.25) is 0 Å². The van der Waals surface area contributed by atoms with Crippen LogP contribution in [-0.2, 0) is 0 Å². The molecule has 0 aliphatic heterocycles. The molecule has 0 saturated heterocycles. The van der Waals surface area contributed by atoms with Gasteiger partial charge in [-0.05, 0) is 117 Å². The summed E-state index contributed by atoms with van der Waals surface area (Å²) in [5.41, 5.74) is 15.3. The molecule has 0 aromatic heterocycles. The molecular formula is C45H80N2. The molecule has 3 N–H and O–H groups in total. The smallest absolute Gasteiger partial charge is 0.0370 e. The highest BCUT2D eigenvalue weighted by atomic mass is 14.8. The number of nitrogens with one attached hydrogen (secondary N) is 1. The molecule has 0 atom stereocenters. The molecule has 0 spiro atoms. The Morgan fingerprint density at radius 2 is 1.26 bits per heavy atom. The van der Waals surface area contributed by atoms with Crippen LogP contribution in [-0.4, -0.2) is 7.05 Å². The second kappa shape index (κ2) is 46.9. The van der Waals surface area contributed by atoms with Gasteiger partial charge in [0, 0.05) is 18.4 Å². The van der Waals surface area contributed by atoms with Gasteiger partial charge in [0.1, 0.15) is 0 Å². The maximum Gasteiger partial charge on any atom is 0.0370 e. The molecule has 0 radical (unpaired) electrons. The van der Waals surface area contributed by atoms with Crippen LogP contribution in [0.3, 0.4) is 0 Å². The molecule has 1 aliphatic rings. The third kappa shape index (κ3) is 49.6. The number of anilines is 1. The van der Waals surface area contributed by atoms with Gasteiger partial charge in [0.2, 0.25) is 0 Å². The normalized spacial score (nSPS) is 9.85. The van der Waals surface area contributed by atoms with Crippen molar-refractivity contribution >= 4 is 5.69 Å². The fraction of sp³-hybridized carbons (Fsp3) is 0.467. The lowest BCUT2D eigenvalue weighted by Crippen LogP contribution is -1.93. The standard InChI is InChI=1S/C10H15N.C8H14.C7H8.C6H11N.C5H8.C3H6.3C2H6/c1-7-5-9(3)10(11-4)6-8(7)2;1-5-8(4)6-7(2)3;1-7-5-3-2-4-6-7;1-3-4-5-6(2)7;1-2-4-5-3-1;1-3-2;3*1-2/h5-6,11H,1-4H3;6H,4-5H2,1-3H3;2-6H,1H3;3-5H,7H2,1-2H3;1-2H,3-5H2;3H,1H2,2H3;3*1-2H3/b;;;4-3-,6-5+;;;;;. The lowest BCUT2D eigenvalue weighted by Gasteiger charge is -2.08. The van der Waals surface area contributed by atoms with E-state index in [1.165, 1.54) is 58.3 Å². The van der Waals surface area contributed by atoms with E-state index in [2.05, 4.69) is 109 Å². The van der Waals surface area contributed by atoms with Crippen molar-refractivity contribution < 1.29 is 0 Å². The SMILES string of the molecule is C/C=C\C=C(/C)N.C1=CCCC1.C=C(C=C(C)C)CC.C=CC.CC.CC.CC.CNc1cc(C)c(C)cc1C.Cc1ccccc1. The summed E-state index contributed by atoms with van der Waals surface area (Å²) in [6.45, 7) is 39.7. The third-order valence-electron chi connectivity index (χ3n) is 5.46. The van der Waals surface area contributed by atoms with Crippen molar-refractivity contribution in [3.05, 3.63) is 137 Å². The molecule has 0 bridgehead atoms. The third-order valence-corrected chi connectivity index (χ3v) is 5.46. The summed E-state index contributed by atoms with van der Waals surface area (Å²) in [7, 11) is 1.96. The Morgan fingerprint density at radius 1 is 0.809 bits per heavy atom. The summed E-state index contributed by atoms with van der Waals surface area (Å²) in [4.78, 5) is 0. The molecule has 3 rings (SSSR count). The van der Waals surface area contributed by atoms with Crippen LogP contribution < -0.4 is 11.1 Å². The number of benzene rings is 2. The van der Waals surface area contributed by atoms with Gasteiger partial charge in [-0.1, -0.05) is 145 Å². The highest BCUT2D eigenvalue weighted by Crippen LogP contribution is 2.18. The zero-order valence-corrected chi connectivity index (χ0v) is 34.4. The van der Waals surface area contributed by atoms with Crippen LogP contribution in [0.25, 0.3) is 0 Å². The van der Waals surface area contributed by atoms with E-state index in [4.69, 9.17) is 5.73 Å². The molecule has 1 aliphatic carbocycles. The predicted octanol–water partition coefficient (Wildman–Crippen LogP) is 15.0. The summed E-state index contributed by atoms with van der Waals surface area (Å²) in [5.74, 6) is 0. The maximum atomic E-state index is 5.29. The van der Waals surface area contributed by atoms with Crippen LogP contribution in [0.2, 0.25) is 0 Å². The maximum absolute atomic E-state index is 5.29. The number of rotatable bonds is 4. The molecule has 2 heteroatoms. The predicted molar refractivity (Wildman–Crippen MR) is 226 cm³/mol. The number of hydrogen-bond acceptors (Lipinski definition) is 2. The first-order valence-electron chi connectivity index (χ1n) is 17.8. The van der Waals surface area contributed by atoms with E-state index in [0.717, 1.165) is 12.1 Å². The average molecular weight is 649 g/mol. The summed E-state index contributed by atoms with van der Waals surface area (Å²) in [6, 6.07) is 14.7. The molecule has 0 fully saturated rings. The lowest BCUT2D eigenvalue weighted by molar-refractivity contribution is 0.929. The number of allylic oxidation sites excluding steroid dienone is 10. The second-order valence-corrected chi connectivity index (χ2v) is 10.1. The van der Waals surface area contributed by atoms with Crippen molar-refractivity contribution in [2.75, 3.05) is 12.4 Å². The van der Waals surface area contributed by atoms with Gasteiger partial charge in [-0.15, -0.1) is 6.58 Å². The molecule has 0 saturated carbocycles. The van der Waals surface area contributed by atoms with E-state index in [9.17, 15) is 0 Å². The largest absolute Gasteiger partial charge is 0.402 e. The van der Waals surface area contributed by atoms with E-state index in [0.29, 0.717) is 0 Å². The first kappa shape index (κ1) is 55.9. The fourth-order valence-electron chi connectivity index (χ4n) is 3.11. The quantitative estimate of drug-likeness (QED) is 0.256. The van der Waals surface area contributed by atoms with Crippen LogP contribution in [0, 0.1) is 27.7 Å². The summed E-state index contributed by atoms with van der Waals surface area (Å²) >= 11 is 0. The van der Waals surface area contributed by atoms with Crippen LogP contribution in [0.1, 0.15) is 131 Å². The number of hydrogen-bond donors (Lipinski definition) is 2. The minimum Gasteiger partial charge on any atom is -0.402 e. The van der Waals surface area contributed by atoms with Gasteiger partial charge >= 0.3 is 0 Å². The van der Waals surface area contributed by atoms with Crippen LogP contribution in [0.5, 0.6) is 0 Å². The first-order chi connectivity index (χ1) is 22.4. The molecule has 0 unspecified atom stereocenters. The van der Waals surface area contributed by atoms with Crippen molar-refractivity contribution in [2.24, 2.45) is 5.73 Å². The van der Waals surface area contributed by atoms with Gasteiger partial charge in [0.05, 0.1) is 0 Å². The highest BCUT2D eigenvalue weighted by Gasteiger charge is 1.98. The van der Waals surface area contributed by atoms with E-state index in [-0.39, 0.29) is 0 Å². The highest BCUT2D eigenvalue weighted by molar-refractivity contribution is 5.54. The van der Waals surface area contributed by atoms with E-state index < -0.39 is 0 Å². The van der Waals surface area contributed by atoms with Gasteiger partial charge in [0.25, 0.3) is 0 Å². The van der Waals surface area contributed by atoms with Crippen molar-refractivity contribution in [3.8, 4) is 0 Å². The Bertz CT molecular complexity index is 1040. The molecule has 47 heavy (non-hydrogen) atoms. The Labute approximate surface area is 296 Å². The Morgan fingerprint density at radius 3 is 1.49 bits per heavy atom. The van der Waals surface area contributed by atoms with E-state index >= 15 is 0 Å². The van der Waals surface area contributed by atoms with Crippen LogP contribution in [0.4, 0.5) is 5.69 Å². The van der Waals surface area contributed by atoms with E-state index in [1.54, 1.807) is 6.08 Å². The van der Waals surface area contributed by atoms with Crippen molar-refractivity contribution in [2.45, 2.75) is 136 Å². The summed E-state index contributed by atoms with van der Waals surface area (Å²) < 4.78 is 0. The Hall–Kier alpha value is -3.52. The Kier molecular flexibility index (Phi) is 55.7. The van der Waals surface area contributed by atoms with Crippen LogP contribution in [0.15, 0.2) is 115 Å². The Balaban J connectivity index is -0.000000107. The molecule has 2 nitrogen and oxygen atoms in total. The number of nitrogens with two attached hydrogens (primary N) is 1. The first-order valence-corrected chi connectivity index (χ1v) is 17.8. The average Bonchev–Trinajstić information content (AvgIpc) is 3.67. The topological polar surface area (TPSA) is 38.0 Å². The molecule has 0 amide bonds. The minimum absolute atomic E-state index is 0.845. The molecular weight excluding hydrogens is 569 g/mol. The zero-order chi connectivity index (χ0) is 38.1. The fourth-order valence-corrected chi connectivity index (χ4v) is 3.11. The van der Waals surface area contributed by atoms with Crippen molar-refractivity contribution in [1.82, 2.24) is 0 Å².